The van der Waals surface area contributed by atoms with Crippen LogP contribution in [0, 0.1) is 0 Å². The average molecular weight is 178 g/mol. The third-order valence-electron chi connectivity index (χ3n) is 1.94. The summed E-state index contributed by atoms with van der Waals surface area (Å²) in [5.74, 6) is 2.07. The van der Waals surface area contributed by atoms with E-state index in [4.69, 9.17) is 8.83 Å². The Balaban J connectivity index is 0.000000845. The van der Waals surface area contributed by atoms with E-state index in [1.54, 1.807) is 12.5 Å². The van der Waals surface area contributed by atoms with E-state index >= 15 is 0 Å². The Bertz CT molecular complexity index is 285. The van der Waals surface area contributed by atoms with Crippen LogP contribution in [-0.2, 0) is 0 Å². The van der Waals surface area contributed by atoms with Gasteiger partial charge in [-0.3, -0.25) is 0 Å². The molecular formula is C11H14O2. The number of hydrogen-bond donors (Lipinski definition) is 0. The van der Waals surface area contributed by atoms with Crippen molar-refractivity contribution < 1.29 is 8.83 Å². The maximum absolute atomic E-state index is 5.26. The van der Waals surface area contributed by atoms with Crippen LogP contribution in [0.5, 0.6) is 0 Å². The lowest BCUT2D eigenvalue weighted by atomic mass is 10.1. The van der Waals surface area contributed by atoms with E-state index < -0.39 is 0 Å². The zero-order chi connectivity index (χ0) is 8.39. The van der Waals surface area contributed by atoms with Crippen molar-refractivity contribution in [2.24, 2.45) is 0 Å². The van der Waals surface area contributed by atoms with Crippen molar-refractivity contribution in [1.29, 1.82) is 0 Å². The Labute approximate surface area is 78.2 Å². The summed E-state index contributed by atoms with van der Waals surface area (Å²) in [6.45, 7) is 2.05. The SMILES string of the molecule is C.CC(c1ccco1)c1ccco1. The Morgan fingerprint density at radius 2 is 1.46 bits per heavy atom. The molecule has 0 bridgehead atoms. The van der Waals surface area contributed by atoms with Gasteiger partial charge < -0.3 is 8.83 Å². The number of hydrogen-bond acceptors (Lipinski definition) is 2. The van der Waals surface area contributed by atoms with Crippen molar-refractivity contribution in [2.75, 3.05) is 0 Å². The second-order valence-electron chi connectivity index (χ2n) is 2.75. The van der Waals surface area contributed by atoms with Gasteiger partial charge in [-0.1, -0.05) is 7.43 Å². The highest BCUT2D eigenvalue weighted by molar-refractivity contribution is 5.17. The second-order valence-corrected chi connectivity index (χ2v) is 2.75. The smallest absolute Gasteiger partial charge is 0.114 e. The Morgan fingerprint density at radius 3 is 1.77 bits per heavy atom. The summed E-state index contributed by atoms with van der Waals surface area (Å²) in [6.07, 6.45) is 3.35. The molecule has 13 heavy (non-hydrogen) atoms. The topological polar surface area (TPSA) is 26.3 Å². The van der Waals surface area contributed by atoms with Crippen LogP contribution in [0.2, 0.25) is 0 Å². The van der Waals surface area contributed by atoms with Gasteiger partial charge in [0.2, 0.25) is 0 Å². The molecule has 2 heteroatoms. The highest BCUT2D eigenvalue weighted by Crippen LogP contribution is 2.24. The number of furan rings is 2. The molecule has 2 nitrogen and oxygen atoms in total. The summed E-state index contributed by atoms with van der Waals surface area (Å²) >= 11 is 0. The van der Waals surface area contributed by atoms with Crippen molar-refractivity contribution in [3.8, 4) is 0 Å². The maximum Gasteiger partial charge on any atom is 0.114 e. The van der Waals surface area contributed by atoms with Gasteiger partial charge in [-0.15, -0.1) is 0 Å². The standard InChI is InChI=1S/C10H10O2.CH4/c1-8(9-4-2-6-11-9)10-5-3-7-12-10;/h2-8H,1H3;1H4. The fourth-order valence-corrected chi connectivity index (χ4v) is 1.22. The first kappa shape index (κ1) is 9.65. The van der Waals surface area contributed by atoms with Crippen LogP contribution in [0.4, 0.5) is 0 Å². The zero-order valence-electron chi connectivity index (χ0n) is 6.86. The highest BCUT2D eigenvalue weighted by atomic mass is 16.3. The van der Waals surface area contributed by atoms with E-state index in [2.05, 4.69) is 6.92 Å². The van der Waals surface area contributed by atoms with Gasteiger partial charge in [0, 0.05) is 0 Å². The number of rotatable bonds is 2. The Hall–Kier alpha value is -1.44. The van der Waals surface area contributed by atoms with Crippen molar-refractivity contribution >= 4 is 0 Å². The van der Waals surface area contributed by atoms with Crippen LogP contribution in [0.15, 0.2) is 45.6 Å². The largest absolute Gasteiger partial charge is 0.469 e. The first-order valence-electron chi connectivity index (χ1n) is 3.95. The minimum absolute atomic E-state index is 0. The molecule has 0 amide bonds. The third kappa shape index (κ3) is 1.83. The Kier molecular flexibility index (Phi) is 2.96. The summed E-state index contributed by atoms with van der Waals surface area (Å²) in [6, 6.07) is 7.67. The van der Waals surface area contributed by atoms with E-state index in [9.17, 15) is 0 Å². The molecule has 0 spiro atoms. The van der Waals surface area contributed by atoms with Crippen molar-refractivity contribution in [2.45, 2.75) is 20.3 Å². The van der Waals surface area contributed by atoms with Crippen molar-refractivity contribution in [1.82, 2.24) is 0 Å². The van der Waals surface area contributed by atoms with Gasteiger partial charge in [0.05, 0.1) is 18.4 Å². The van der Waals surface area contributed by atoms with E-state index in [0.717, 1.165) is 11.5 Å². The van der Waals surface area contributed by atoms with Gasteiger partial charge in [0.25, 0.3) is 0 Å². The molecule has 0 aliphatic rings. The third-order valence-corrected chi connectivity index (χ3v) is 1.94. The van der Waals surface area contributed by atoms with Gasteiger partial charge in [-0.2, -0.15) is 0 Å². The molecule has 0 unspecified atom stereocenters. The molecule has 2 heterocycles. The van der Waals surface area contributed by atoms with Gasteiger partial charge in [-0.05, 0) is 31.2 Å². The van der Waals surface area contributed by atoms with Crippen LogP contribution >= 0.6 is 0 Å². The molecule has 0 atom stereocenters. The zero-order valence-corrected chi connectivity index (χ0v) is 6.86. The van der Waals surface area contributed by atoms with Crippen LogP contribution in [-0.4, -0.2) is 0 Å². The molecule has 0 aliphatic heterocycles. The first-order valence-corrected chi connectivity index (χ1v) is 3.95. The fraction of sp³-hybridized carbons (Fsp3) is 0.273. The molecular weight excluding hydrogens is 164 g/mol. The minimum Gasteiger partial charge on any atom is -0.469 e. The summed E-state index contributed by atoms with van der Waals surface area (Å²) in [4.78, 5) is 0. The summed E-state index contributed by atoms with van der Waals surface area (Å²) < 4.78 is 10.5. The van der Waals surface area contributed by atoms with Gasteiger partial charge in [0.1, 0.15) is 11.5 Å². The fourth-order valence-electron chi connectivity index (χ4n) is 1.22. The van der Waals surface area contributed by atoms with E-state index in [1.165, 1.54) is 0 Å². The molecule has 2 aromatic heterocycles. The van der Waals surface area contributed by atoms with Crippen LogP contribution in [0.1, 0.15) is 31.8 Å². The quantitative estimate of drug-likeness (QED) is 0.701. The van der Waals surface area contributed by atoms with Gasteiger partial charge in [-0.25, -0.2) is 0 Å². The minimum atomic E-state index is 0. The normalized spacial score (nSPS) is 10.0. The van der Waals surface area contributed by atoms with Gasteiger partial charge in [0.15, 0.2) is 0 Å². The molecule has 0 radical (unpaired) electrons. The lowest BCUT2D eigenvalue weighted by molar-refractivity contribution is 0.439. The van der Waals surface area contributed by atoms with Gasteiger partial charge >= 0.3 is 0 Å². The summed E-state index contributed by atoms with van der Waals surface area (Å²) in [5, 5.41) is 0. The van der Waals surface area contributed by atoms with E-state index in [1.807, 2.05) is 24.3 Å². The average Bonchev–Trinajstić information content (AvgIpc) is 2.77. The predicted octanol–water partition coefficient (Wildman–Crippen LogP) is 3.66. The molecule has 2 rings (SSSR count). The molecule has 2 aromatic rings. The second kappa shape index (κ2) is 3.99. The molecule has 70 valence electrons. The van der Waals surface area contributed by atoms with E-state index in [-0.39, 0.29) is 13.3 Å². The molecule has 0 aromatic carbocycles. The lowest BCUT2D eigenvalue weighted by Gasteiger charge is -2.02. The Morgan fingerprint density at radius 1 is 1.00 bits per heavy atom. The van der Waals surface area contributed by atoms with Crippen molar-refractivity contribution in [3.63, 3.8) is 0 Å². The molecule has 0 fully saturated rings. The van der Waals surface area contributed by atoms with Crippen LogP contribution in [0.3, 0.4) is 0 Å². The van der Waals surface area contributed by atoms with E-state index in [0.29, 0.717) is 0 Å². The first-order chi connectivity index (χ1) is 5.88. The summed E-state index contributed by atoms with van der Waals surface area (Å²) in [7, 11) is 0. The lowest BCUT2D eigenvalue weighted by Crippen LogP contribution is -1.90. The van der Waals surface area contributed by atoms with Crippen LogP contribution in [0.25, 0.3) is 0 Å². The molecule has 0 aliphatic carbocycles. The molecule has 0 saturated carbocycles. The molecule has 0 saturated heterocycles. The van der Waals surface area contributed by atoms with Crippen LogP contribution < -0.4 is 0 Å². The van der Waals surface area contributed by atoms with Crippen molar-refractivity contribution in [3.05, 3.63) is 48.3 Å². The molecule has 0 N–H and O–H groups in total. The monoisotopic (exact) mass is 178 g/mol. The highest BCUT2D eigenvalue weighted by Gasteiger charge is 2.12. The predicted molar refractivity (Wildman–Crippen MR) is 51.7 cm³/mol. The summed E-state index contributed by atoms with van der Waals surface area (Å²) in [5.41, 5.74) is 0. The maximum atomic E-state index is 5.26.